The number of aromatic nitrogens is 2. The highest BCUT2D eigenvalue weighted by molar-refractivity contribution is 9.10. The van der Waals surface area contributed by atoms with Crippen molar-refractivity contribution in [3.63, 3.8) is 0 Å². The van der Waals surface area contributed by atoms with Crippen LogP contribution in [0.15, 0.2) is 65.4 Å². The number of hydrogen-bond donors (Lipinski definition) is 2. The number of nitrogens with zero attached hydrogens (tertiary/aromatic N) is 2. The normalized spacial score (nSPS) is 10.4. The summed E-state index contributed by atoms with van der Waals surface area (Å²) in [5, 5.41) is 3.23. The zero-order valence-corrected chi connectivity index (χ0v) is 14.5. The Morgan fingerprint density at radius 1 is 1.00 bits per heavy atom. The van der Waals surface area contributed by atoms with Crippen molar-refractivity contribution in [3.8, 4) is 11.6 Å². The molecule has 1 heterocycles. The average molecular weight is 385 g/mol. The van der Waals surface area contributed by atoms with Gasteiger partial charge in [0, 0.05) is 11.0 Å². The van der Waals surface area contributed by atoms with Crippen molar-refractivity contribution in [3.05, 3.63) is 71.0 Å². The fraction of sp³-hybridized carbons (Fsp3) is 0.111. The van der Waals surface area contributed by atoms with Crippen molar-refractivity contribution in [1.82, 2.24) is 9.97 Å². The lowest BCUT2D eigenvalue weighted by Gasteiger charge is -2.11. The molecule has 0 unspecified atom stereocenters. The standard InChI is InChI=1S/C18H17BrN4O/c19-14-6-8-15(9-7-14)24-18-16(20)17(22-12-23-18)21-11-10-13-4-2-1-3-5-13/h1-9,12H,10-11,20H2,(H,21,22,23). The van der Waals surface area contributed by atoms with Gasteiger partial charge in [-0.1, -0.05) is 46.3 Å². The number of nitrogen functional groups attached to an aromatic ring is 1. The number of benzene rings is 2. The van der Waals surface area contributed by atoms with Crippen molar-refractivity contribution in [2.75, 3.05) is 17.6 Å². The summed E-state index contributed by atoms with van der Waals surface area (Å²) in [4.78, 5) is 8.30. The molecule has 3 N–H and O–H groups in total. The van der Waals surface area contributed by atoms with E-state index >= 15 is 0 Å². The van der Waals surface area contributed by atoms with Crippen LogP contribution in [0.5, 0.6) is 11.6 Å². The summed E-state index contributed by atoms with van der Waals surface area (Å²) in [6, 6.07) is 17.7. The van der Waals surface area contributed by atoms with Crippen molar-refractivity contribution in [1.29, 1.82) is 0 Å². The molecular formula is C18H17BrN4O. The Kier molecular flexibility index (Phi) is 5.28. The van der Waals surface area contributed by atoms with Crippen LogP contribution in [-0.2, 0) is 6.42 Å². The molecule has 122 valence electrons. The van der Waals surface area contributed by atoms with E-state index < -0.39 is 0 Å². The molecule has 0 saturated heterocycles. The van der Waals surface area contributed by atoms with E-state index in [4.69, 9.17) is 10.5 Å². The van der Waals surface area contributed by atoms with Gasteiger partial charge in [-0.15, -0.1) is 0 Å². The minimum atomic E-state index is 0.342. The van der Waals surface area contributed by atoms with E-state index in [0.29, 0.717) is 23.1 Å². The molecular weight excluding hydrogens is 368 g/mol. The summed E-state index contributed by atoms with van der Waals surface area (Å²) in [7, 11) is 0. The maximum absolute atomic E-state index is 6.12. The monoisotopic (exact) mass is 384 g/mol. The summed E-state index contributed by atoms with van der Waals surface area (Å²) in [6.07, 6.45) is 2.32. The number of anilines is 2. The minimum Gasteiger partial charge on any atom is -0.437 e. The molecule has 3 rings (SSSR count). The SMILES string of the molecule is Nc1c(NCCc2ccccc2)ncnc1Oc1ccc(Br)cc1. The molecule has 24 heavy (non-hydrogen) atoms. The maximum atomic E-state index is 6.12. The van der Waals surface area contributed by atoms with Gasteiger partial charge < -0.3 is 15.8 Å². The Hall–Kier alpha value is -2.60. The van der Waals surface area contributed by atoms with Crippen LogP contribution in [0, 0.1) is 0 Å². The molecule has 0 bridgehead atoms. The molecule has 0 radical (unpaired) electrons. The lowest BCUT2D eigenvalue weighted by molar-refractivity contribution is 0.464. The van der Waals surface area contributed by atoms with Gasteiger partial charge >= 0.3 is 0 Å². The third-order valence-electron chi connectivity index (χ3n) is 3.42. The van der Waals surface area contributed by atoms with E-state index in [9.17, 15) is 0 Å². The first kappa shape index (κ1) is 16.3. The Labute approximate surface area is 149 Å². The van der Waals surface area contributed by atoms with Crippen LogP contribution >= 0.6 is 15.9 Å². The Balaban J connectivity index is 1.65. The van der Waals surface area contributed by atoms with Crippen LogP contribution < -0.4 is 15.8 Å². The van der Waals surface area contributed by atoms with Crippen LogP contribution in [-0.4, -0.2) is 16.5 Å². The highest BCUT2D eigenvalue weighted by Crippen LogP contribution is 2.29. The van der Waals surface area contributed by atoms with Gasteiger partial charge in [-0.2, -0.15) is 4.98 Å². The second kappa shape index (κ2) is 7.79. The Morgan fingerprint density at radius 2 is 1.75 bits per heavy atom. The second-order valence-electron chi connectivity index (χ2n) is 5.16. The highest BCUT2D eigenvalue weighted by atomic mass is 79.9. The zero-order valence-electron chi connectivity index (χ0n) is 12.9. The quantitative estimate of drug-likeness (QED) is 0.663. The predicted molar refractivity (Wildman–Crippen MR) is 99.3 cm³/mol. The first-order chi connectivity index (χ1) is 11.7. The number of ether oxygens (including phenoxy) is 1. The lowest BCUT2D eigenvalue weighted by Crippen LogP contribution is -2.09. The molecule has 0 atom stereocenters. The van der Waals surface area contributed by atoms with E-state index in [2.05, 4.69) is 43.3 Å². The molecule has 1 aromatic heterocycles. The molecule has 0 aliphatic rings. The summed E-state index contributed by atoms with van der Waals surface area (Å²) in [5.74, 6) is 1.58. The molecule has 0 amide bonds. The van der Waals surface area contributed by atoms with E-state index in [0.717, 1.165) is 17.4 Å². The zero-order chi connectivity index (χ0) is 16.8. The summed E-state index contributed by atoms with van der Waals surface area (Å²) >= 11 is 3.39. The minimum absolute atomic E-state index is 0.342. The first-order valence-corrected chi connectivity index (χ1v) is 8.33. The van der Waals surface area contributed by atoms with Gasteiger partial charge in [-0.3, -0.25) is 0 Å². The summed E-state index contributed by atoms with van der Waals surface area (Å²) in [6.45, 7) is 0.725. The van der Waals surface area contributed by atoms with Gasteiger partial charge in [0.15, 0.2) is 5.82 Å². The molecule has 0 saturated carbocycles. The summed E-state index contributed by atoms with van der Waals surface area (Å²) < 4.78 is 6.71. The Bertz CT molecular complexity index is 794. The first-order valence-electron chi connectivity index (χ1n) is 7.54. The molecule has 0 aliphatic heterocycles. The molecule has 0 spiro atoms. The van der Waals surface area contributed by atoms with Gasteiger partial charge in [-0.05, 0) is 36.2 Å². The van der Waals surface area contributed by atoms with Crippen molar-refractivity contribution in [2.45, 2.75) is 6.42 Å². The second-order valence-corrected chi connectivity index (χ2v) is 6.08. The van der Waals surface area contributed by atoms with Crippen LogP contribution in [0.4, 0.5) is 11.5 Å². The Morgan fingerprint density at radius 3 is 2.50 bits per heavy atom. The molecule has 6 heteroatoms. The molecule has 0 aliphatic carbocycles. The number of nitrogens with two attached hydrogens (primary N) is 1. The fourth-order valence-corrected chi connectivity index (χ4v) is 2.45. The molecule has 3 aromatic rings. The van der Waals surface area contributed by atoms with Crippen LogP contribution in [0.25, 0.3) is 0 Å². The van der Waals surface area contributed by atoms with Gasteiger partial charge in [0.1, 0.15) is 17.8 Å². The lowest BCUT2D eigenvalue weighted by atomic mass is 10.1. The molecule has 0 fully saturated rings. The number of halogens is 1. The van der Waals surface area contributed by atoms with Gasteiger partial charge in [0.25, 0.3) is 0 Å². The summed E-state index contributed by atoms with van der Waals surface area (Å²) in [5.41, 5.74) is 7.77. The molecule has 2 aromatic carbocycles. The van der Waals surface area contributed by atoms with Gasteiger partial charge in [0.2, 0.25) is 5.88 Å². The van der Waals surface area contributed by atoms with E-state index in [-0.39, 0.29) is 0 Å². The third-order valence-corrected chi connectivity index (χ3v) is 3.95. The number of hydrogen-bond acceptors (Lipinski definition) is 5. The highest BCUT2D eigenvalue weighted by Gasteiger charge is 2.10. The van der Waals surface area contributed by atoms with E-state index in [1.807, 2.05) is 42.5 Å². The number of nitrogens with one attached hydrogen (secondary N) is 1. The fourth-order valence-electron chi connectivity index (χ4n) is 2.19. The third kappa shape index (κ3) is 4.23. The van der Waals surface area contributed by atoms with Crippen LogP contribution in [0.3, 0.4) is 0 Å². The predicted octanol–water partition coefficient (Wildman–Crippen LogP) is 4.27. The van der Waals surface area contributed by atoms with Crippen LogP contribution in [0.1, 0.15) is 5.56 Å². The maximum Gasteiger partial charge on any atom is 0.248 e. The van der Waals surface area contributed by atoms with Crippen LogP contribution in [0.2, 0.25) is 0 Å². The number of rotatable bonds is 6. The van der Waals surface area contributed by atoms with Crippen molar-refractivity contribution < 1.29 is 4.74 Å². The van der Waals surface area contributed by atoms with Gasteiger partial charge in [0.05, 0.1) is 0 Å². The largest absolute Gasteiger partial charge is 0.437 e. The van der Waals surface area contributed by atoms with Gasteiger partial charge in [-0.25, -0.2) is 4.98 Å². The van der Waals surface area contributed by atoms with Crippen molar-refractivity contribution in [2.24, 2.45) is 0 Å². The van der Waals surface area contributed by atoms with Crippen molar-refractivity contribution >= 4 is 27.4 Å². The average Bonchev–Trinajstić information content (AvgIpc) is 2.61. The van der Waals surface area contributed by atoms with E-state index in [1.54, 1.807) is 0 Å². The van der Waals surface area contributed by atoms with E-state index in [1.165, 1.54) is 11.9 Å². The smallest absolute Gasteiger partial charge is 0.248 e. The molecule has 5 nitrogen and oxygen atoms in total. The topological polar surface area (TPSA) is 73.1 Å².